The minimum absolute atomic E-state index is 0.330. The number of aromatic nitrogens is 2. The molecule has 9 heteroatoms. The molecule has 0 amide bonds. The smallest absolute Gasteiger partial charge is 0.318 e. The van der Waals surface area contributed by atoms with E-state index < -0.39 is 10.0 Å². The Morgan fingerprint density at radius 2 is 1.89 bits per heavy atom. The third-order valence-corrected chi connectivity index (χ3v) is 4.24. The molecule has 0 aromatic carbocycles. The molecule has 1 aliphatic heterocycles. The van der Waals surface area contributed by atoms with Crippen molar-refractivity contribution in [2.24, 2.45) is 0 Å². The molecule has 1 fully saturated rings. The zero-order chi connectivity index (χ0) is 13.3. The number of sulfonamides is 1. The lowest BCUT2D eigenvalue weighted by atomic mass is 10.4. The Labute approximate surface area is 111 Å². The standard InChI is InChI=1S/C9H15ClN4O3S/c1-7(10)8-11-12-9(17-8)13-3-5-14(6-4-13)18(2,15)16/h7H,3-6H2,1-2H3. The molecule has 2 rings (SSSR count). The number of hydrogen-bond donors (Lipinski definition) is 0. The Morgan fingerprint density at radius 3 is 2.33 bits per heavy atom. The molecule has 1 saturated heterocycles. The number of halogens is 1. The maximum atomic E-state index is 11.4. The van der Waals surface area contributed by atoms with Gasteiger partial charge in [0, 0.05) is 26.2 Å². The zero-order valence-corrected chi connectivity index (χ0v) is 11.8. The first-order valence-corrected chi connectivity index (χ1v) is 7.84. The molecule has 1 atom stereocenters. The molecular formula is C9H15ClN4O3S. The van der Waals surface area contributed by atoms with Crippen LogP contribution in [0.25, 0.3) is 0 Å². The van der Waals surface area contributed by atoms with E-state index in [-0.39, 0.29) is 5.38 Å². The summed E-state index contributed by atoms with van der Waals surface area (Å²) in [6.45, 7) is 3.66. The van der Waals surface area contributed by atoms with Gasteiger partial charge in [0.15, 0.2) is 0 Å². The summed E-state index contributed by atoms with van der Waals surface area (Å²) < 4.78 is 29.6. The van der Waals surface area contributed by atoms with Gasteiger partial charge in [-0.3, -0.25) is 0 Å². The largest absolute Gasteiger partial charge is 0.406 e. The number of hydrogen-bond acceptors (Lipinski definition) is 6. The van der Waals surface area contributed by atoms with Gasteiger partial charge in [-0.1, -0.05) is 5.10 Å². The maximum Gasteiger partial charge on any atom is 0.318 e. The lowest BCUT2D eigenvalue weighted by Crippen LogP contribution is -2.48. The number of nitrogens with zero attached hydrogens (tertiary/aromatic N) is 4. The molecule has 7 nitrogen and oxygen atoms in total. The molecule has 0 N–H and O–H groups in total. The average Bonchev–Trinajstić information content (AvgIpc) is 2.77. The van der Waals surface area contributed by atoms with E-state index in [0.717, 1.165) is 0 Å². The molecule has 2 heterocycles. The summed E-state index contributed by atoms with van der Waals surface area (Å²) in [7, 11) is -3.12. The van der Waals surface area contributed by atoms with Crippen LogP contribution in [0.5, 0.6) is 0 Å². The van der Waals surface area contributed by atoms with Crippen LogP contribution in [0.15, 0.2) is 4.42 Å². The third kappa shape index (κ3) is 2.93. The molecule has 18 heavy (non-hydrogen) atoms. The van der Waals surface area contributed by atoms with Crippen LogP contribution in [-0.2, 0) is 10.0 Å². The molecule has 0 radical (unpaired) electrons. The molecule has 1 aliphatic rings. The summed E-state index contributed by atoms with van der Waals surface area (Å²) in [6.07, 6.45) is 1.21. The Hall–Kier alpha value is -0.860. The monoisotopic (exact) mass is 294 g/mol. The Balaban J connectivity index is 2.01. The van der Waals surface area contributed by atoms with Gasteiger partial charge in [-0.15, -0.1) is 16.7 Å². The van der Waals surface area contributed by atoms with E-state index >= 15 is 0 Å². The van der Waals surface area contributed by atoms with Crippen LogP contribution in [0.2, 0.25) is 0 Å². The van der Waals surface area contributed by atoms with Crippen molar-refractivity contribution in [3.8, 4) is 0 Å². The second-order valence-electron chi connectivity index (χ2n) is 4.19. The molecular weight excluding hydrogens is 280 g/mol. The zero-order valence-electron chi connectivity index (χ0n) is 10.2. The minimum Gasteiger partial charge on any atom is -0.406 e. The normalized spacial score (nSPS) is 20.1. The van der Waals surface area contributed by atoms with Gasteiger partial charge < -0.3 is 9.32 Å². The van der Waals surface area contributed by atoms with Gasteiger partial charge in [0.25, 0.3) is 0 Å². The Morgan fingerprint density at radius 1 is 1.28 bits per heavy atom. The van der Waals surface area contributed by atoms with E-state index in [0.29, 0.717) is 38.1 Å². The lowest BCUT2D eigenvalue weighted by molar-refractivity contribution is 0.371. The van der Waals surface area contributed by atoms with Crippen LogP contribution < -0.4 is 4.90 Å². The van der Waals surface area contributed by atoms with E-state index in [1.807, 2.05) is 4.90 Å². The van der Waals surface area contributed by atoms with Crippen LogP contribution in [0.3, 0.4) is 0 Å². The summed E-state index contributed by atoms with van der Waals surface area (Å²) in [5.41, 5.74) is 0. The lowest BCUT2D eigenvalue weighted by Gasteiger charge is -2.31. The van der Waals surface area contributed by atoms with E-state index in [4.69, 9.17) is 16.0 Å². The maximum absolute atomic E-state index is 11.4. The quantitative estimate of drug-likeness (QED) is 0.753. The SMILES string of the molecule is CC(Cl)c1nnc(N2CCN(S(C)(=O)=O)CC2)o1. The van der Waals surface area contributed by atoms with Crippen LogP contribution in [-0.4, -0.2) is 55.4 Å². The Kier molecular flexibility index (Phi) is 3.79. The number of rotatable bonds is 3. The first kappa shape index (κ1) is 13.6. The molecule has 102 valence electrons. The molecule has 0 spiro atoms. The van der Waals surface area contributed by atoms with E-state index in [1.165, 1.54) is 10.6 Å². The molecule has 1 aromatic heterocycles. The van der Waals surface area contributed by atoms with Crippen LogP contribution >= 0.6 is 11.6 Å². The highest BCUT2D eigenvalue weighted by Crippen LogP contribution is 2.22. The van der Waals surface area contributed by atoms with E-state index in [1.54, 1.807) is 6.92 Å². The fourth-order valence-electron chi connectivity index (χ4n) is 1.73. The fraction of sp³-hybridized carbons (Fsp3) is 0.778. The molecule has 1 aromatic rings. The van der Waals surface area contributed by atoms with Gasteiger partial charge in [-0.25, -0.2) is 8.42 Å². The molecule has 1 unspecified atom stereocenters. The van der Waals surface area contributed by atoms with Crippen molar-refractivity contribution in [2.45, 2.75) is 12.3 Å². The molecule has 0 bridgehead atoms. The predicted octanol–water partition coefficient (Wildman–Crippen LogP) is 0.451. The molecule has 0 aliphatic carbocycles. The summed E-state index contributed by atoms with van der Waals surface area (Å²) in [6, 6.07) is 0.394. The average molecular weight is 295 g/mol. The van der Waals surface area contributed by atoms with Gasteiger partial charge in [-0.2, -0.15) is 4.31 Å². The first-order chi connectivity index (χ1) is 8.38. The Bertz CT molecular complexity index is 508. The second kappa shape index (κ2) is 5.02. The predicted molar refractivity (Wildman–Crippen MR) is 67.2 cm³/mol. The molecule has 0 saturated carbocycles. The van der Waals surface area contributed by atoms with Crippen LogP contribution in [0.1, 0.15) is 18.2 Å². The van der Waals surface area contributed by atoms with E-state index in [9.17, 15) is 8.42 Å². The van der Waals surface area contributed by atoms with Crippen LogP contribution in [0.4, 0.5) is 6.01 Å². The topological polar surface area (TPSA) is 79.5 Å². The van der Waals surface area contributed by atoms with Crippen molar-refractivity contribution in [3.05, 3.63) is 5.89 Å². The van der Waals surface area contributed by atoms with Crippen molar-refractivity contribution in [1.82, 2.24) is 14.5 Å². The summed E-state index contributed by atoms with van der Waals surface area (Å²) in [5, 5.41) is 7.41. The number of anilines is 1. The van der Waals surface area contributed by atoms with Crippen molar-refractivity contribution in [1.29, 1.82) is 0 Å². The third-order valence-electron chi connectivity index (χ3n) is 2.75. The first-order valence-electron chi connectivity index (χ1n) is 5.55. The van der Waals surface area contributed by atoms with Gasteiger partial charge in [0.1, 0.15) is 5.38 Å². The number of piperazine rings is 1. The highest BCUT2D eigenvalue weighted by atomic mass is 35.5. The van der Waals surface area contributed by atoms with Crippen molar-refractivity contribution >= 4 is 27.6 Å². The highest BCUT2D eigenvalue weighted by Gasteiger charge is 2.26. The number of alkyl halides is 1. The summed E-state index contributed by atoms with van der Waals surface area (Å²) >= 11 is 5.84. The van der Waals surface area contributed by atoms with Gasteiger partial charge in [0.05, 0.1) is 6.26 Å². The highest BCUT2D eigenvalue weighted by molar-refractivity contribution is 7.88. The van der Waals surface area contributed by atoms with Gasteiger partial charge in [-0.05, 0) is 6.92 Å². The van der Waals surface area contributed by atoms with Crippen molar-refractivity contribution < 1.29 is 12.8 Å². The summed E-state index contributed by atoms with van der Waals surface area (Å²) in [4.78, 5) is 1.86. The van der Waals surface area contributed by atoms with E-state index in [2.05, 4.69) is 10.2 Å². The van der Waals surface area contributed by atoms with Crippen LogP contribution in [0, 0.1) is 0 Å². The fourth-order valence-corrected chi connectivity index (χ4v) is 2.64. The van der Waals surface area contributed by atoms with Gasteiger partial charge >= 0.3 is 6.01 Å². The van der Waals surface area contributed by atoms with Gasteiger partial charge in [0.2, 0.25) is 15.9 Å². The van der Waals surface area contributed by atoms with Crippen molar-refractivity contribution in [3.63, 3.8) is 0 Å². The summed E-state index contributed by atoms with van der Waals surface area (Å²) in [5.74, 6) is 0.372. The minimum atomic E-state index is -3.12. The second-order valence-corrected chi connectivity index (χ2v) is 6.83. The van der Waals surface area contributed by atoms with Crippen molar-refractivity contribution in [2.75, 3.05) is 37.3 Å².